The van der Waals surface area contributed by atoms with Crippen molar-refractivity contribution in [1.29, 1.82) is 0 Å². The Morgan fingerprint density at radius 2 is 2.13 bits per heavy atom. The highest BCUT2D eigenvalue weighted by Gasteiger charge is 2.11. The van der Waals surface area contributed by atoms with Crippen LogP contribution in [0.5, 0.6) is 5.75 Å². The molecule has 0 amide bonds. The van der Waals surface area contributed by atoms with Crippen molar-refractivity contribution in [3.63, 3.8) is 0 Å². The van der Waals surface area contributed by atoms with Crippen molar-refractivity contribution in [1.82, 2.24) is 14.4 Å². The van der Waals surface area contributed by atoms with Gasteiger partial charge in [0.05, 0.1) is 12.3 Å². The Morgan fingerprint density at radius 3 is 2.91 bits per heavy atom. The maximum Gasteiger partial charge on any atom is 0.140 e. The minimum Gasteiger partial charge on any atom is -0.493 e. The maximum atomic E-state index is 5.86. The third kappa shape index (κ3) is 3.67. The Hall–Kier alpha value is -2.01. The second kappa shape index (κ2) is 7.51. The summed E-state index contributed by atoms with van der Waals surface area (Å²) >= 11 is 1.88. The van der Waals surface area contributed by atoms with E-state index in [9.17, 15) is 0 Å². The summed E-state index contributed by atoms with van der Waals surface area (Å²) in [6.45, 7) is 4.87. The lowest BCUT2D eigenvalue weighted by Gasteiger charge is -2.10. The van der Waals surface area contributed by atoms with Gasteiger partial charge in [-0.25, -0.2) is 9.97 Å². The van der Waals surface area contributed by atoms with E-state index in [4.69, 9.17) is 4.74 Å². The molecule has 0 radical (unpaired) electrons. The third-order valence-corrected chi connectivity index (χ3v) is 4.64. The monoisotopic (exact) mass is 327 g/mol. The van der Waals surface area contributed by atoms with Crippen LogP contribution in [0.15, 0.2) is 47.9 Å². The van der Waals surface area contributed by atoms with Crippen molar-refractivity contribution < 1.29 is 4.74 Å². The average molecular weight is 327 g/mol. The summed E-state index contributed by atoms with van der Waals surface area (Å²) in [5.74, 6) is 2.03. The van der Waals surface area contributed by atoms with Gasteiger partial charge in [0.1, 0.15) is 17.7 Å². The highest BCUT2D eigenvalue weighted by Crippen LogP contribution is 2.34. The topological polar surface area (TPSA) is 39.4 Å². The van der Waals surface area contributed by atoms with Crippen LogP contribution in [-0.2, 0) is 0 Å². The summed E-state index contributed by atoms with van der Waals surface area (Å²) in [6, 6.07) is 8.29. The molecule has 0 saturated carbocycles. The molecule has 2 heterocycles. The van der Waals surface area contributed by atoms with Crippen LogP contribution < -0.4 is 4.74 Å². The molecular weight excluding hydrogens is 306 g/mol. The second-order valence-corrected chi connectivity index (χ2v) is 6.43. The van der Waals surface area contributed by atoms with Gasteiger partial charge in [-0.05, 0) is 43.4 Å². The SMILES string of the molecule is CCCCSc1ccc(-c2cn3cnccc3n2)c(OCC)c1. The Kier molecular flexibility index (Phi) is 5.18. The fourth-order valence-electron chi connectivity index (χ4n) is 2.39. The molecule has 0 fully saturated rings. The molecule has 2 aromatic heterocycles. The van der Waals surface area contributed by atoms with Crippen LogP contribution in [0.25, 0.3) is 16.9 Å². The lowest BCUT2D eigenvalue weighted by Crippen LogP contribution is -1.95. The molecule has 0 aliphatic rings. The van der Waals surface area contributed by atoms with Crippen LogP contribution in [0.2, 0.25) is 0 Å². The number of hydrogen-bond donors (Lipinski definition) is 0. The first-order valence-corrected chi connectivity index (χ1v) is 8.99. The first kappa shape index (κ1) is 15.9. The van der Waals surface area contributed by atoms with Crippen molar-refractivity contribution >= 4 is 17.4 Å². The van der Waals surface area contributed by atoms with E-state index < -0.39 is 0 Å². The standard InChI is InChI=1S/C18H21N3OS/c1-3-5-10-23-14-6-7-15(17(11-14)22-4-2)16-12-21-13-19-9-8-18(21)20-16/h6-9,11-13H,3-5,10H2,1-2H3. The van der Waals surface area contributed by atoms with Gasteiger partial charge in [-0.2, -0.15) is 0 Å². The molecule has 0 bridgehead atoms. The summed E-state index contributed by atoms with van der Waals surface area (Å²) in [5.41, 5.74) is 2.82. The number of rotatable bonds is 7. The molecule has 3 aromatic rings. The number of nitrogens with zero attached hydrogens (tertiary/aromatic N) is 3. The largest absolute Gasteiger partial charge is 0.493 e. The zero-order chi connectivity index (χ0) is 16.1. The Morgan fingerprint density at radius 1 is 1.22 bits per heavy atom. The van der Waals surface area contributed by atoms with E-state index in [1.54, 1.807) is 12.5 Å². The lowest BCUT2D eigenvalue weighted by molar-refractivity contribution is 0.341. The number of unbranched alkanes of at least 4 members (excludes halogenated alkanes) is 1. The van der Waals surface area contributed by atoms with Gasteiger partial charge >= 0.3 is 0 Å². The Balaban J connectivity index is 1.93. The average Bonchev–Trinajstić information content (AvgIpc) is 2.99. The van der Waals surface area contributed by atoms with Crippen molar-refractivity contribution in [2.45, 2.75) is 31.6 Å². The van der Waals surface area contributed by atoms with Gasteiger partial charge in [0.25, 0.3) is 0 Å². The summed E-state index contributed by atoms with van der Waals surface area (Å²) < 4.78 is 7.78. The van der Waals surface area contributed by atoms with E-state index in [2.05, 4.69) is 35.1 Å². The zero-order valence-electron chi connectivity index (χ0n) is 13.5. The van der Waals surface area contributed by atoms with E-state index in [1.807, 2.05) is 35.3 Å². The van der Waals surface area contributed by atoms with Gasteiger partial charge in [0, 0.05) is 22.9 Å². The molecule has 0 spiro atoms. The quantitative estimate of drug-likeness (QED) is 0.466. The molecule has 0 N–H and O–H groups in total. The summed E-state index contributed by atoms with van der Waals surface area (Å²) in [6.07, 6.45) is 7.96. The highest BCUT2D eigenvalue weighted by molar-refractivity contribution is 7.99. The molecule has 0 aliphatic heterocycles. The first-order chi connectivity index (χ1) is 11.3. The van der Waals surface area contributed by atoms with Crippen molar-refractivity contribution in [2.24, 2.45) is 0 Å². The molecule has 4 nitrogen and oxygen atoms in total. The second-order valence-electron chi connectivity index (χ2n) is 5.26. The number of aromatic nitrogens is 3. The Bertz CT molecular complexity index is 752. The van der Waals surface area contributed by atoms with Gasteiger partial charge in [-0.1, -0.05) is 13.3 Å². The molecular formula is C18H21N3OS. The van der Waals surface area contributed by atoms with Crippen molar-refractivity contribution in [3.05, 3.63) is 43.0 Å². The molecule has 5 heteroatoms. The zero-order valence-corrected chi connectivity index (χ0v) is 14.3. The van der Waals surface area contributed by atoms with Crippen LogP contribution in [0.4, 0.5) is 0 Å². The maximum absolute atomic E-state index is 5.86. The number of thioether (sulfide) groups is 1. The molecule has 0 unspecified atom stereocenters. The lowest BCUT2D eigenvalue weighted by atomic mass is 10.1. The minimum absolute atomic E-state index is 0.644. The van der Waals surface area contributed by atoms with E-state index in [-0.39, 0.29) is 0 Å². The minimum atomic E-state index is 0.644. The van der Waals surface area contributed by atoms with Crippen LogP contribution in [-0.4, -0.2) is 26.7 Å². The molecule has 120 valence electrons. The molecule has 1 aromatic carbocycles. The molecule has 0 saturated heterocycles. The van der Waals surface area contributed by atoms with Crippen molar-refractivity contribution in [2.75, 3.05) is 12.4 Å². The predicted molar refractivity (Wildman–Crippen MR) is 95.2 cm³/mol. The van der Waals surface area contributed by atoms with Crippen LogP contribution in [0.3, 0.4) is 0 Å². The predicted octanol–water partition coefficient (Wildman–Crippen LogP) is 4.69. The summed E-state index contributed by atoms with van der Waals surface area (Å²) in [7, 11) is 0. The van der Waals surface area contributed by atoms with Gasteiger partial charge in [0.2, 0.25) is 0 Å². The number of benzene rings is 1. The highest BCUT2D eigenvalue weighted by atomic mass is 32.2. The van der Waals surface area contributed by atoms with Crippen LogP contribution >= 0.6 is 11.8 Å². The van der Waals surface area contributed by atoms with Gasteiger partial charge in [0.15, 0.2) is 0 Å². The number of imidazole rings is 1. The van der Waals surface area contributed by atoms with Crippen LogP contribution in [0, 0.1) is 0 Å². The fraction of sp³-hybridized carbons (Fsp3) is 0.333. The normalized spacial score (nSPS) is 11.0. The Labute approximate surface area is 140 Å². The van der Waals surface area contributed by atoms with Gasteiger partial charge in [-0.3, -0.25) is 4.40 Å². The summed E-state index contributed by atoms with van der Waals surface area (Å²) in [4.78, 5) is 10.0. The van der Waals surface area contributed by atoms with Crippen molar-refractivity contribution in [3.8, 4) is 17.0 Å². The van der Waals surface area contributed by atoms with Gasteiger partial charge < -0.3 is 4.74 Å². The molecule has 0 atom stereocenters. The first-order valence-electron chi connectivity index (χ1n) is 8.00. The fourth-order valence-corrected chi connectivity index (χ4v) is 3.41. The van der Waals surface area contributed by atoms with E-state index >= 15 is 0 Å². The molecule has 3 rings (SSSR count). The smallest absolute Gasteiger partial charge is 0.140 e. The summed E-state index contributed by atoms with van der Waals surface area (Å²) in [5, 5.41) is 0. The third-order valence-electron chi connectivity index (χ3n) is 3.56. The van der Waals surface area contributed by atoms with E-state index in [0.29, 0.717) is 6.61 Å². The van der Waals surface area contributed by atoms with E-state index in [0.717, 1.165) is 28.4 Å². The van der Waals surface area contributed by atoms with Gasteiger partial charge in [-0.15, -0.1) is 11.8 Å². The molecule has 23 heavy (non-hydrogen) atoms. The van der Waals surface area contributed by atoms with Crippen LogP contribution in [0.1, 0.15) is 26.7 Å². The molecule has 0 aliphatic carbocycles. The number of hydrogen-bond acceptors (Lipinski definition) is 4. The number of fused-ring (bicyclic) bond motifs is 1. The number of ether oxygens (including phenoxy) is 1. The van der Waals surface area contributed by atoms with E-state index in [1.165, 1.54) is 17.7 Å².